The van der Waals surface area contributed by atoms with Crippen LogP contribution in [0.5, 0.6) is 0 Å². The Labute approximate surface area is 170 Å². The van der Waals surface area contributed by atoms with Crippen molar-refractivity contribution in [3.8, 4) is 0 Å². The smallest absolute Gasteiger partial charge is 0.371 e. The molecule has 28 heavy (non-hydrogen) atoms. The molecule has 1 saturated carbocycles. The fourth-order valence-electron chi connectivity index (χ4n) is 2.34. The summed E-state index contributed by atoms with van der Waals surface area (Å²) in [5.41, 5.74) is 1.30. The molecule has 1 fully saturated rings. The molecular weight excluding hydrogens is 432 g/mol. The van der Waals surface area contributed by atoms with Gasteiger partial charge in [0.1, 0.15) is 0 Å². The Balaban J connectivity index is 1.75. The first kappa shape index (κ1) is 20.6. The number of hydrogen-bond acceptors (Lipinski definition) is 8. The highest BCUT2D eigenvalue weighted by atomic mass is 35.5. The topological polar surface area (TPSA) is 122 Å². The molecule has 0 aliphatic heterocycles. The summed E-state index contributed by atoms with van der Waals surface area (Å²) in [6.45, 7) is 0. The van der Waals surface area contributed by atoms with Crippen molar-refractivity contribution in [2.45, 2.75) is 28.9 Å². The molecule has 1 amide bonds. The van der Waals surface area contributed by atoms with Gasteiger partial charge in [-0.25, -0.2) is 18.6 Å². The maximum absolute atomic E-state index is 12.4. The normalized spacial score (nSPS) is 14.5. The van der Waals surface area contributed by atoms with Gasteiger partial charge in [0.2, 0.25) is 11.1 Å². The van der Waals surface area contributed by atoms with E-state index in [1.807, 2.05) is 5.48 Å². The number of amides is 1. The highest BCUT2D eigenvalue weighted by Crippen LogP contribution is 2.36. The first-order valence-electron chi connectivity index (χ1n) is 7.95. The van der Waals surface area contributed by atoms with Crippen LogP contribution in [0.25, 0.3) is 0 Å². The summed E-state index contributed by atoms with van der Waals surface area (Å²) < 4.78 is 23.8. The van der Waals surface area contributed by atoms with Crippen molar-refractivity contribution in [2.75, 3.05) is 12.3 Å². The maximum Gasteiger partial charge on any atom is 0.371 e. The van der Waals surface area contributed by atoms with E-state index < -0.39 is 28.8 Å². The van der Waals surface area contributed by atoms with Gasteiger partial charge in [-0.2, -0.15) is 9.76 Å². The number of ether oxygens (including phenoxy) is 1. The highest BCUT2D eigenvalue weighted by Gasteiger charge is 2.31. The van der Waals surface area contributed by atoms with E-state index in [-0.39, 0.29) is 21.7 Å². The number of benzene rings is 1. The number of rotatable bonds is 7. The van der Waals surface area contributed by atoms with E-state index in [4.69, 9.17) is 15.9 Å². The number of thioether (sulfide) groups is 1. The average molecular weight is 447 g/mol. The number of methoxy groups -OCH3 is 1. The molecule has 150 valence electrons. The lowest BCUT2D eigenvalue weighted by atomic mass is 10.2. The second kappa shape index (κ2) is 8.90. The van der Waals surface area contributed by atoms with E-state index in [0.29, 0.717) is 9.84 Å². The average Bonchev–Trinajstić information content (AvgIpc) is 3.49. The van der Waals surface area contributed by atoms with Gasteiger partial charge >= 0.3 is 17.7 Å². The molecule has 0 radical (unpaired) electrons. The van der Waals surface area contributed by atoms with E-state index in [2.05, 4.69) is 9.84 Å². The Bertz CT molecular complexity index is 987. The van der Waals surface area contributed by atoms with Gasteiger partial charge in [0.15, 0.2) is 5.16 Å². The van der Waals surface area contributed by atoms with Gasteiger partial charge in [-0.05, 0) is 25.0 Å². The Morgan fingerprint density at radius 1 is 1.39 bits per heavy atom. The van der Waals surface area contributed by atoms with E-state index in [0.717, 1.165) is 24.6 Å². The van der Waals surface area contributed by atoms with Crippen molar-refractivity contribution in [1.82, 2.24) is 19.8 Å². The standard InChI is InChI=1S/C15H15ClN4O6S2/c1-25-12(21)10-4-2-3-5-11(10)28(24)26-18-13(22)20-15(23)19(9-6-7-9)14(17-20)27-8-16/h2-5,9H,6-8H2,1H3,(H,18,22). The molecule has 0 bridgehead atoms. The zero-order valence-electron chi connectivity index (χ0n) is 14.5. The first-order chi connectivity index (χ1) is 13.5. The molecule has 3 rings (SSSR count). The van der Waals surface area contributed by atoms with Crippen LogP contribution in [0.3, 0.4) is 0 Å². The van der Waals surface area contributed by atoms with Gasteiger partial charge in [-0.3, -0.25) is 4.57 Å². The summed E-state index contributed by atoms with van der Waals surface area (Å²) in [6, 6.07) is 4.86. The molecule has 1 N–H and O–H groups in total. The summed E-state index contributed by atoms with van der Waals surface area (Å²) in [5, 5.41) is 4.43. The van der Waals surface area contributed by atoms with Crippen molar-refractivity contribution in [2.24, 2.45) is 0 Å². The zero-order chi connectivity index (χ0) is 20.3. The molecule has 1 aliphatic carbocycles. The zero-order valence-corrected chi connectivity index (χ0v) is 16.9. The molecule has 1 aromatic carbocycles. The lowest BCUT2D eigenvalue weighted by Crippen LogP contribution is -2.38. The second-order valence-corrected chi connectivity index (χ2v) is 8.15. The number of carbonyl (C=O) groups is 2. The van der Waals surface area contributed by atoms with Crippen molar-refractivity contribution in [3.05, 3.63) is 40.3 Å². The fourth-order valence-corrected chi connectivity index (χ4v) is 3.99. The van der Waals surface area contributed by atoms with E-state index in [9.17, 15) is 18.6 Å². The van der Waals surface area contributed by atoms with Crippen LogP contribution in [0.15, 0.2) is 39.1 Å². The van der Waals surface area contributed by atoms with E-state index >= 15 is 0 Å². The van der Waals surface area contributed by atoms with Gasteiger partial charge in [0.05, 0.1) is 22.8 Å². The maximum atomic E-state index is 12.4. The molecule has 1 aromatic heterocycles. The van der Waals surface area contributed by atoms with Crippen LogP contribution in [-0.4, -0.2) is 42.9 Å². The largest absolute Gasteiger partial charge is 0.465 e. The van der Waals surface area contributed by atoms with Crippen molar-refractivity contribution in [1.29, 1.82) is 0 Å². The number of nitrogens with zero attached hydrogens (tertiary/aromatic N) is 3. The monoisotopic (exact) mass is 446 g/mol. The number of halogens is 1. The predicted molar refractivity (Wildman–Crippen MR) is 101 cm³/mol. The summed E-state index contributed by atoms with van der Waals surface area (Å²) in [6.07, 6.45) is 1.63. The van der Waals surface area contributed by atoms with Crippen molar-refractivity contribution < 1.29 is 22.8 Å². The summed E-state index contributed by atoms with van der Waals surface area (Å²) in [5.74, 6) is -0.707. The number of nitrogens with one attached hydrogen (secondary N) is 1. The van der Waals surface area contributed by atoms with Crippen LogP contribution in [0, 0.1) is 0 Å². The lowest BCUT2D eigenvalue weighted by Gasteiger charge is -2.07. The Kier molecular flexibility index (Phi) is 6.54. The Hall–Kier alpha value is -2.15. The summed E-state index contributed by atoms with van der Waals surface area (Å²) >= 11 is 4.58. The Morgan fingerprint density at radius 3 is 2.75 bits per heavy atom. The summed E-state index contributed by atoms with van der Waals surface area (Å²) in [4.78, 5) is 36.5. The van der Waals surface area contributed by atoms with Gasteiger partial charge in [0, 0.05) is 6.04 Å². The third-order valence-electron chi connectivity index (χ3n) is 3.74. The number of aromatic nitrogens is 3. The molecule has 1 aliphatic rings. The van der Waals surface area contributed by atoms with Gasteiger partial charge in [-0.1, -0.05) is 23.9 Å². The highest BCUT2D eigenvalue weighted by molar-refractivity contribution is 8.00. The molecule has 0 saturated heterocycles. The van der Waals surface area contributed by atoms with Crippen LogP contribution >= 0.6 is 23.4 Å². The molecule has 10 nitrogen and oxygen atoms in total. The minimum Gasteiger partial charge on any atom is -0.465 e. The van der Waals surface area contributed by atoms with E-state index in [1.54, 1.807) is 12.1 Å². The molecule has 2 aromatic rings. The van der Waals surface area contributed by atoms with Gasteiger partial charge < -0.3 is 4.74 Å². The SMILES string of the molecule is COC(=O)c1ccccc1S(=O)ONC(=O)n1nc(SCCl)n(C2CC2)c1=O. The van der Waals surface area contributed by atoms with Gasteiger partial charge in [0.25, 0.3) is 0 Å². The molecule has 1 atom stereocenters. The van der Waals surface area contributed by atoms with Crippen molar-refractivity contribution in [3.63, 3.8) is 0 Å². The first-order valence-corrected chi connectivity index (χ1v) is 10.5. The number of esters is 1. The number of hydroxylamine groups is 1. The van der Waals surface area contributed by atoms with Crippen LogP contribution in [0.4, 0.5) is 4.79 Å². The number of alkyl halides is 1. The third-order valence-corrected chi connectivity index (χ3v) is 5.67. The summed E-state index contributed by atoms with van der Waals surface area (Å²) in [7, 11) is 1.18. The molecule has 13 heteroatoms. The number of hydrogen-bond donors (Lipinski definition) is 1. The molecular formula is C15H15ClN4O6S2. The van der Waals surface area contributed by atoms with Crippen LogP contribution < -0.4 is 11.2 Å². The Morgan fingerprint density at radius 2 is 2.11 bits per heavy atom. The third kappa shape index (κ3) is 4.29. The van der Waals surface area contributed by atoms with E-state index in [1.165, 1.54) is 23.8 Å². The lowest BCUT2D eigenvalue weighted by molar-refractivity contribution is 0.0596. The minimum absolute atomic E-state index is 0.00360. The number of carbonyl (C=O) groups excluding carboxylic acids is 2. The van der Waals surface area contributed by atoms with Crippen molar-refractivity contribution >= 4 is 46.4 Å². The fraction of sp³-hybridized carbons (Fsp3) is 0.333. The molecule has 1 heterocycles. The predicted octanol–water partition coefficient (Wildman–Crippen LogP) is 1.67. The van der Waals surface area contributed by atoms with Crippen LogP contribution in [0.2, 0.25) is 0 Å². The van der Waals surface area contributed by atoms with Crippen LogP contribution in [0.1, 0.15) is 29.2 Å². The van der Waals surface area contributed by atoms with Crippen LogP contribution in [-0.2, 0) is 20.1 Å². The molecule has 0 spiro atoms. The second-order valence-electron chi connectivity index (χ2n) is 5.54. The quantitative estimate of drug-likeness (QED) is 0.295. The minimum atomic E-state index is -2.23. The van der Waals surface area contributed by atoms with Gasteiger partial charge in [-0.15, -0.1) is 21.4 Å². The molecule has 1 unspecified atom stereocenters.